The maximum Gasteiger partial charge on any atom is 0.264 e. The fourth-order valence-corrected chi connectivity index (χ4v) is 3.92. The molecule has 0 aliphatic carbocycles. The monoisotopic (exact) mass is 385 g/mol. The first-order valence-electron chi connectivity index (χ1n) is 8.69. The molecule has 1 amide bonds. The number of amides is 1. The molecule has 0 aliphatic heterocycles. The maximum atomic E-state index is 13.2. The van der Waals surface area contributed by atoms with Crippen molar-refractivity contribution in [3.63, 3.8) is 0 Å². The predicted octanol–water partition coefficient (Wildman–Crippen LogP) is 2.92. The van der Waals surface area contributed by atoms with Crippen LogP contribution in [0.3, 0.4) is 0 Å². The number of nitrogens with one attached hydrogen (secondary N) is 1. The number of nitrogens with zero attached hydrogens (tertiary/aromatic N) is 2. The summed E-state index contributed by atoms with van der Waals surface area (Å²) in [6.45, 7) is 4.26. The van der Waals surface area contributed by atoms with Gasteiger partial charge in [-0.05, 0) is 42.7 Å². The molecule has 0 spiro atoms. The minimum Gasteiger partial charge on any atom is -0.355 e. The minimum atomic E-state index is -4.00. The second-order valence-electron chi connectivity index (χ2n) is 6.52. The number of anilines is 1. The van der Waals surface area contributed by atoms with Crippen LogP contribution in [0, 0.1) is 17.2 Å². The van der Waals surface area contributed by atoms with Gasteiger partial charge in [0.1, 0.15) is 6.54 Å². The molecule has 2 rings (SSSR count). The summed E-state index contributed by atoms with van der Waals surface area (Å²) in [5, 5.41) is 11.8. The van der Waals surface area contributed by atoms with E-state index in [0.29, 0.717) is 18.2 Å². The van der Waals surface area contributed by atoms with E-state index < -0.39 is 10.0 Å². The van der Waals surface area contributed by atoms with Gasteiger partial charge < -0.3 is 5.32 Å². The van der Waals surface area contributed by atoms with Gasteiger partial charge in [0, 0.05) is 6.54 Å². The molecule has 0 heterocycles. The molecule has 0 atom stereocenters. The number of carbonyl (C=O) groups excluding carboxylic acids is 1. The largest absolute Gasteiger partial charge is 0.355 e. The van der Waals surface area contributed by atoms with Gasteiger partial charge in [-0.2, -0.15) is 5.26 Å². The molecule has 0 fully saturated rings. The van der Waals surface area contributed by atoms with Crippen molar-refractivity contribution in [3.8, 4) is 6.07 Å². The van der Waals surface area contributed by atoms with E-state index in [2.05, 4.69) is 19.2 Å². The number of sulfonamides is 1. The van der Waals surface area contributed by atoms with Gasteiger partial charge in [-0.15, -0.1) is 0 Å². The van der Waals surface area contributed by atoms with E-state index in [9.17, 15) is 13.2 Å². The number of nitriles is 1. The molecule has 142 valence electrons. The quantitative estimate of drug-likeness (QED) is 0.756. The Morgan fingerprint density at radius 2 is 1.85 bits per heavy atom. The summed E-state index contributed by atoms with van der Waals surface area (Å²) < 4.78 is 27.4. The highest BCUT2D eigenvalue weighted by Crippen LogP contribution is 2.23. The average Bonchev–Trinajstić information content (AvgIpc) is 2.66. The normalized spacial score (nSPS) is 11.0. The molecular formula is C20H23N3O3S. The van der Waals surface area contributed by atoms with Crippen molar-refractivity contribution in [3.05, 3.63) is 60.2 Å². The van der Waals surface area contributed by atoms with E-state index in [4.69, 9.17) is 5.26 Å². The molecule has 2 aromatic carbocycles. The number of rotatable bonds is 8. The van der Waals surface area contributed by atoms with Crippen LogP contribution in [-0.4, -0.2) is 27.4 Å². The molecule has 0 aliphatic rings. The third-order valence-corrected chi connectivity index (χ3v) is 5.70. The Morgan fingerprint density at radius 3 is 2.48 bits per heavy atom. The Kier molecular flexibility index (Phi) is 6.97. The molecule has 0 bridgehead atoms. The van der Waals surface area contributed by atoms with Crippen LogP contribution in [-0.2, 0) is 14.8 Å². The number of para-hydroxylation sites is 1. The Labute approximate surface area is 160 Å². The summed E-state index contributed by atoms with van der Waals surface area (Å²) in [5.41, 5.74) is 0.629. The molecule has 0 unspecified atom stereocenters. The number of hydrogen-bond acceptors (Lipinski definition) is 4. The molecule has 0 saturated carbocycles. The van der Waals surface area contributed by atoms with Gasteiger partial charge in [0.05, 0.1) is 22.2 Å². The highest BCUT2D eigenvalue weighted by Gasteiger charge is 2.27. The van der Waals surface area contributed by atoms with Gasteiger partial charge in [0.15, 0.2) is 0 Å². The molecule has 2 aromatic rings. The third kappa shape index (κ3) is 5.56. The Balaban J connectivity index is 2.32. The van der Waals surface area contributed by atoms with Gasteiger partial charge in [-0.3, -0.25) is 9.10 Å². The third-order valence-electron chi connectivity index (χ3n) is 3.93. The van der Waals surface area contributed by atoms with Crippen LogP contribution >= 0.6 is 0 Å². The molecule has 27 heavy (non-hydrogen) atoms. The van der Waals surface area contributed by atoms with Crippen molar-refractivity contribution in [2.45, 2.75) is 25.2 Å². The number of benzene rings is 2. The van der Waals surface area contributed by atoms with E-state index in [1.807, 2.05) is 6.07 Å². The zero-order valence-corrected chi connectivity index (χ0v) is 16.2. The zero-order valence-electron chi connectivity index (χ0n) is 15.4. The Bertz CT molecular complexity index is 919. The lowest BCUT2D eigenvalue weighted by Crippen LogP contribution is -2.41. The molecule has 0 aromatic heterocycles. The van der Waals surface area contributed by atoms with Gasteiger partial charge >= 0.3 is 0 Å². The van der Waals surface area contributed by atoms with Gasteiger partial charge in [-0.25, -0.2) is 8.42 Å². The van der Waals surface area contributed by atoms with E-state index >= 15 is 0 Å². The van der Waals surface area contributed by atoms with Crippen LogP contribution in [0.15, 0.2) is 59.5 Å². The standard InChI is InChI=1S/C20H23N3O3S/c1-16(2)11-12-22-20(24)15-23(18-8-4-3-5-9-18)27(25,26)19-10-6-7-17(13-19)14-21/h3-10,13,16H,11-12,15H2,1-2H3,(H,22,24). The lowest BCUT2D eigenvalue weighted by Gasteiger charge is -2.24. The smallest absolute Gasteiger partial charge is 0.264 e. The van der Waals surface area contributed by atoms with Crippen molar-refractivity contribution >= 4 is 21.6 Å². The average molecular weight is 385 g/mol. The topological polar surface area (TPSA) is 90.3 Å². The summed E-state index contributed by atoms with van der Waals surface area (Å²) in [7, 11) is -4.00. The number of hydrogen-bond donors (Lipinski definition) is 1. The van der Waals surface area contributed by atoms with Crippen molar-refractivity contribution in [2.75, 3.05) is 17.4 Å². The summed E-state index contributed by atoms with van der Waals surface area (Å²) in [6.07, 6.45) is 0.814. The first kappa shape index (κ1) is 20.5. The van der Waals surface area contributed by atoms with Crippen molar-refractivity contribution < 1.29 is 13.2 Å². The highest BCUT2D eigenvalue weighted by atomic mass is 32.2. The van der Waals surface area contributed by atoms with Gasteiger partial charge in [-0.1, -0.05) is 38.1 Å². The van der Waals surface area contributed by atoms with Gasteiger partial charge in [0.2, 0.25) is 5.91 Å². The maximum absolute atomic E-state index is 13.2. The van der Waals surface area contributed by atoms with Crippen LogP contribution in [0.1, 0.15) is 25.8 Å². The zero-order chi connectivity index (χ0) is 19.9. The van der Waals surface area contributed by atoms with Crippen LogP contribution in [0.5, 0.6) is 0 Å². The molecule has 6 nitrogen and oxygen atoms in total. The molecular weight excluding hydrogens is 362 g/mol. The van der Waals surface area contributed by atoms with Crippen LogP contribution in [0.4, 0.5) is 5.69 Å². The van der Waals surface area contributed by atoms with E-state index in [1.54, 1.807) is 30.3 Å². The van der Waals surface area contributed by atoms with Crippen LogP contribution in [0.2, 0.25) is 0 Å². The fourth-order valence-electron chi connectivity index (χ4n) is 2.45. The highest BCUT2D eigenvalue weighted by molar-refractivity contribution is 7.92. The Morgan fingerprint density at radius 1 is 1.15 bits per heavy atom. The predicted molar refractivity (Wildman–Crippen MR) is 105 cm³/mol. The minimum absolute atomic E-state index is 0.0274. The van der Waals surface area contributed by atoms with Crippen molar-refractivity contribution in [2.24, 2.45) is 5.92 Å². The SMILES string of the molecule is CC(C)CCNC(=O)CN(c1ccccc1)S(=O)(=O)c1cccc(C#N)c1. The van der Waals surface area contributed by atoms with Crippen LogP contribution in [0.25, 0.3) is 0 Å². The first-order valence-corrected chi connectivity index (χ1v) is 10.1. The van der Waals surface area contributed by atoms with Gasteiger partial charge in [0.25, 0.3) is 10.0 Å². The number of carbonyl (C=O) groups is 1. The first-order chi connectivity index (χ1) is 12.8. The summed E-state index contributed by atoms with van der Waals surface area (Å²) in [4.78, 5) is 12.3. The summed E-state index contributed by atoms with van der Waals surface area (Å²) in [5.74, 6) is 0.0625. The van der Waals surface area contributed by atoms with Crippen LogP contribution < -0.4 is 9.62 Å². The van der Waals surface area contributed by atoms with Crippen molar-refractivity contribution in [1.29, 1.82) is 5.26 Å². The molecule has 7 heteroatoms. The second kappa shape index (κ2) is 9.19. The van der Waals surface area contributed by atoms with Crippen molar-refractivity contribution in [1.82, 2.24) is 5.32 Å². The summed E-state index contributed by atoms with van der Waals surface area (Å²) >= 11 is 0. The lowest BCUT2D eigenvalue weighted by atomic mass is 10.1. The summed E-state index contributed by atoms with van der Waals surface area (Å²) in [6, 6.07) is 16.2. The molecule has 1 N–H and O–H groups in total. The van der Waals surface area contributed by atoms with E-state index in [1.165, 1.54) is 24.3 Å². The van der Waals surface area contributed by atoms with E-state index in [0.717, 1.165) is 10.7 Å². The molecule has 0 radical (unpaired) electrons. The Hall–Kier alpha value is -2.85. The fraction of sp³-hybridized carbons (Fsp3) is 0.300. The van der Waals surface area contributed by atoms with E-state index in [-0.39, 0.29) is 22.9 Å². The lowest BCUT2D eigenvalue weighted by molar-refractivity contribution is -0.119. The molecule has 0 saturated heterocycles. The second-order valence-corrected chi connectivity index (χ2v) is 8.38.